The molecule has 1 saturated heterocycles. The van der Waals surface area contributed by atoms with Crippen LogP contribution in [0.15, 0.2) is 53.9 Å². The number of amides is 1. The fourth-order valence-electron chi connectivity index (χ4n) is 3.85. The maximum absolute atomic E-state index is 14.4. The lowest BCUT2D eigenvalue weighted by molar-refractivity contribution is -0.151. The third-order valence-corrected chi connectivity index (χ3v) is 7.42. The van der Waals surface area contributed by atoms with Crippen molar-refractivity contribution in [2.24, 2.45) is 5.92 Å². The number of piperidine rings is 1. The fraction of sp³-hybridized carbons (Fsp3) is 0.333. The number of carbonyl (C=O) groups is 2. The van der Waals surface area contributed by atoms with Crippen molar-refractivity contribution < 1.29 is 31.5 Å². The summed E-state index contributed by atoms with van der Waals surface area (Å²) in [4.78, 5) is 25.4. The molecule has 2 aromatic carbocycles. The Morgan fingerprint density at radius 3 is 2.38 bits per heavy atom. The molecule has 1 fully saturated rings. The smallest absolute Gasteiger partial charge is 0.336 e. The Bertz CT molecular complexity index is 1180. The van der Waals surface area contributed by atoms with Crippen molar-refractivity contribution in [3.05, 3.63) is 76.7 Å². The maximum Gasteiger partial charge on any atom is 0.336 e. The number of hydrogen-bond acceptors (Lipinski definition) is 5. The molecule has 1 amide bonds. The van der Waals surface area contributed by atoms with Gasteiger partial charge in [0.05, 0.1) is 7.11 Å². The van der Waals surface area contributed by atoms with Crippen LogP contribution in [0, 0.1) is 17.6 Å². The standard InChI is InChI=1S/C24H26F2N2O5S/c1-24(23(30)33-2,20-16-19(25)8-9-21(20)26)27-22(29)18-10-13-28(14-11-18)34(31,32)15-12-17-6-4-3-5-7-17/h3-9,12,15-16,18H,10-11,13-14H2,1-2H3,(H,27,29)/b15-12-/t24-/m1/s1. The van der Waals surface area contributed by atoms with E-state index < -0.39 is 45.0 Å². The third kappa shape index (κ3) is 5.68. The van der Waals surface area contributed by atoms with Crippen LogP contribution in [0.2, 0.25) is 0 Å². The van der Waals surface area contributed by atoms with Gasteiger partial charge < -0.3 is 10.1 Å². The zero-order valence-electron chi connectivity index (χ0n) is 18.8. The Hall–Kier alpha value is -3.11. The van der Waals surface area contributed by atoms with Crippen LogP contribution in [0.4, 0.5) is 8.78 Å². The number of carbonyl (C=O) groups excluding carboxylic acids is 2. The topological polar surface area (TPSA) is 92.8 Å². The fourth-order valence-corrected chi connectivity index (χ4v) is 5.07. The van der Waals surface area contributed by atoms with E-state index in [1.807, 2.05) is 6.07 Å². The van der Waals surface area contributed by atoms with Gasteiger partial charge in [-0.2, -0.15) is 4.31 Å². The van der Waals surface area contributed by atoms with Crippen molar-refractivity contribution in [3.63, 3.8) is 0 Å². The van der Waals surface area contributed by atoms with E-state index in [1.165, 1.54) is 17.3 Å². The van der Waals surface area contributed by atoms with Gasteiger partial charge in [0, 0.05) is 30.0 Å². The molecule has 0 radical (unpaired) electrons. The molecule has 0 bridgehead atoms. The van der Waals surface area contributed by atoms with Gasteiger partial charge in [-0.1, -0.05) is 30.3 Å². The second-order valence-electron chi connectivity index (χ2n) is 8.16. The summed E-state index contributed by atoms with van der Waals surface area (Å²) in [6, 6.07) is 11.6. The first-order valence-electron chi connectivity index (χ1n) is 10.7. The van der Waals surface area contributed by atoms with Crippen LogP contribution in [0.3, 0.4) is 0 Å². The summed E-state index contributed by atoms with van der Waals surface area (Å²) in [5.41, 5.74) is -1.58. The summed E-state index contributed by atoms with van der Waals surface area (Å²) in [5.74, 6) is -3.81. The molecule has 0 aromatic heterocycles. The van der Waals surface area contributed by atoms with Crippen LogP contribution < -0.4 is 5.32 Å². The van der Waals surface area contributed by atoms with E-state index >= 15 is 0 Å². The molecular formula is C24H26F2N2O5S. The summed E-state index contributed by atoms with van der Waals surface area (Å²) >= 11 is 0. The highest BCUT2D eigenvalue weighted by Crippen LogP contribution is 2.28. The number of hydrogen-bond donors (Lipinski definition) is 1. The molecular weight excluding hydrogens is 466 g/mol. The number of nitrogens with one attached hydrogen (secondary N) is 1. The molecule has 182 valence electrons. The average molecular weight is 493 g/mol. The summed E-state index contributed by atoms with van der Waals surface area (Å²) < 4.78 is 59.5. The number of methoxy groups -OCH3 is 1. The first-order chi connectivity index (χ1) is 16.1. The number of ether oxygens (including phenoxy) is 1. The normalized spacial score (nSPS) is 17.3. The highest BCUT2D eigenvalue weighted by atomic mass is 32.2. The van der Waals surface area contributed by atoms with Gasteiger partial charge >= 0.3 is 5.97 Å². The van der Waals surface area contributed by atoms with Gasteiger partial charge in [0.15, 0.2) is 5.54 Å². The van der Waals surface area contributed by atoms with Gasteiger partial charge in [-0.3, -0.25) is 4.79 Å². The van der Waals surface area contributed by atoms with Gasteiger partial charge in [-0.15, -0.1) is 0 Å². The van der Waals surface area contributed by atoms with Crippen molar-refractivity contribution in [1.82, 2.24) is 9.62 Å². The number of esters is 1. The van der Waals surface area contributed by atoms with Crippen molar-refractivity contribution in [2.45, 2.75) is 25.3 Å². The van der Waals surface area contributed by atoms with E-state index in [1.54, 1.807) is 24.3 Å². The van der Waals surface area contributed by atoms with Crippen molar-refractivity contribution in [3.8, 4) is 0 Å². The van der Waals surface area contributed by atoms with E-state index in [-0.39, 0.29) is 31.5 Å². The van der Waals surface area contributed by atoms with E-state index in [0.717, 1.165) is 36.3 Å². The summed E-state index contributed by atoms with van der Waals surface area (Å²) in [7, 11) is -2.60. The second kappa shape index (κ2) is 10.4. The Morgan fingerprint density at radius 2 is 1.76 bits per heavy atom. The Labute approximate surface area is 197 Å². The SMILES string of the molecule is COC(=O)[C@](C)(NC(=O)C1CCN(S(=O)(=O)/C=C\c2ccccc2)CC1)c1cc(F)ccc1F. The van der Waals surface area contributed by atoms with Crippen LogP contribution in [0.25, 0.3) is 6.08 Å². The molecule has 0 spiro atoms. The van der Waals surface area contributed by atoms with E-state index in [9.17, 15) is 26.8 Å². The number of halogens is 2. The van der Waals surface area contributed by atoms with Crippen molar-refractivity contribution >= 4 is 28.0 Å². The van der Waals surface area contributed by atoms with E-state index in [2.05, 4.69) is 5.32 Å². The highest BCUT2D eigenvalue weighted by molar-refractivity contribution is 7.92. The number of benzene rings is 2. The molecule has 0 aliphatic carbocycles. The molecule has 1 aliphatic rings. The van der Waals surface area contributed by atoms with Gasteiger partial charge in [0.25, 0.3) is 0 Å². The summed E-state index contributed by atoms with van der Waals surface area (Å²) in [5, 5.41) is 3.63. The van der Waals surface area contributed by atoms with E-state index in [4.69, 9.17) is 4.74 Å². The molecule has 34 heavy (non-hydrogen) atoms. The first-order valence-corrected chi connectivity index (χ1v) is 12.2. The van der Waals surface area contributed by atoms with E-state index in [0.29, 0.717) is 0 Å². The lowest BCUT2D eigenvalue weighted by atomic mass is 9.89. The number of sulfonamides is 1. The first kappa shape index (κ1) is 25.5. The third-order valence-electron chi connectivity index (χ3n) is 5.85. The lowest BCUT2D eigenvalue weighted by Gasteiger charge is -2.33. The summed E-state index contributed by atoms with van der Waals surface area (Å²) in [6.07, 6.45) is 1.91. The van der Waals surface area contributed by atoms with Gasteiger partial charge in [0.1, 0.15) is 11.6 Å². The molecule has 2 aromatic rings. The minimum Gasteiger partial charge on any atom is -0.467 e. The Morgan fingerprint density at radius 1 is 1.12 bits per heavy atom. The van der Waals surface area contributed by atoms with Crippen molar-refractivity contribution in [1.29, 1.82) is 0 Å². The molecule has 3 rings (SSSR count). The number of rotatable bonds is 7. The van der Waals surface area contributed by atoms with Crippen LogP contribution in [-0.2, 0) is 29.9 Å². The predicted molar refractivity (Wildman–Crippen MR) is 123 cm³/mol. The Kier molecular flexibility index (Phi) is 7.83. The molecule has 1 aliphatic heterocycles. The average Bonchev–Trinajstić information content (AvgIpc) is 2.84. The van der Waals surface area contributed by atoms with Gasteiger partial charge in [-0.05, 0) is 49.6 Å². The zero-order valence-corrected chi connectivity index (χ0v) is 19.6. The maximum atomic E-state index is 14.4. The number of nitrogens with zero attached hydrogens (tertiary/aromatic N) is 1. The van der Waals surface area contributed by atoms with Crippen LogP contribution in [-0.4, -0.2) is 44.8 Å². The quantitative estimate of drug-likeness (QED) is 0.600. The van der Waals surface area contributed by atoms with Crippen molar-refractivity contribution in [2.75, 3.05) is 20.2 Å². The minimum absolute atomic E-state index is 0.100. The largest absolute Gasteiger partial charge is 0.467 e. The summed E-state index contributed by atoms with van der Waals surface area (Å²) in [6.45, 7) is 1.44. The molecule has 1 atom stereocenters. The molecule has 1 N–H and O–H groups in total. The molecule has 1 heterocycles. The predicted octanol–water partition coefficient (Wildman–Crippen LogP) is 3.18. The highest BCUT2D eigenvalue weighted by Gasteiger charge is 2.42. The van der Waals surface area contributed by atoms with Crippen LogP contribution >= 0.6 is 0 Å². The molecule has 0 unspecified atom stereocenters. The minimum atomic E-state index is -3.68. The molecule has 10 heteroatoms. The second-order valence-corrected chi connectivity index (χ2v) is 9.98. The lowest BCUT2D eigenvalue weighted by Crippen LogP contribution is -2.53. The van der Waals surface area contributed by atoms with Crippen LogP contribution in [0.1, 0.15) is 30.9 Å². The molecule has 7 nitrogen and oxygen atoms in total. The zero-order chi connectivity index (χ0) is 24.9. The molecule has 0 saturated carbocycles. The van der Waals surface area contributed by atoms with Gasteiger partial charge in [-0.25, -0.2) is 22.0 Å². The Balaban J connectivity index is 1.70. The van der Waals surface area contributed by atoms with Gasteiger partial charge in [0.2, 0.25) is 15.9 Å². The van der Waals surface area contributed by atoms with Crippen LogP contribution in [0.5, 0.6) is 0 Å². The monoisotopic (exact) mass is 492 g/mol.